The molecule has 134 valence electrons. The Morgan fingerprint density at radius 2 is 2.00 bits per heavy atom. The minimum absolute atomic E-state index is 0.156. The zero-order chi connectivity index (χ0) is 17.8. The Bertz CT molecular complexity index is 782. The van der Waals surface area contributed by atoms with Crippen LogP contribution in [0, 0.1) is 11.8 Å². The van der Waals surface area contributed by atoms with E-state index in [9.17, 15) is 9.90 Å². The lowest BCUT2D eigenvalue weighted by Gasteiger charge is -2.29. The largest absolute Gasteiger partial charge is 0.381 e. The maximum Gasteiger partial charge on any atom is 0.253 e. The number of aromatic amines is 1. The Balaban J connectivity index is 1.46. The summed E-state index contributed by atoms with van der Waals surface area (Å²) in [4.78, 5) is 28.3. The molecule has 2 fully saturated rings. The van der Waals surface area contributed by atoms with E-state index in [1.807, 2.05) is 17.2 Å². The molecule has 25 heavy (non-hydrogen) atoms. The molecule has 0 bridgehead atoms. The number of carbonyl (C=O) groups is 1. The van der Waals surface area contributed by atoms with Gasteiger partial charge in [-0.2, -0.15) is 0 Å². The Morgan fingerprint density at radius 3 is 2.64 bits per heavy atom. The molecule has 1 aliphatic carbocycles. The first-order chi connectivity index (χ1) is 11.8. The van der Waals surface area contributed by atoms with Gasteiger partial charge in [-0.15, -0.1) is 0 Å². The number of H-pyrrole nitrogens is 1. The minimum atomic E-state index is -1.28. The number of nitrogens with one attached hydrogen (secondary N) is 1. The lowest BCUT2D eigenvalue weighted by molar-refractivity contribution is -0.147. The SMILES string of the molecule is CN(c1ncnc2[nH]ccc12)[C@@H]1CC2CN(C(=O)C(C)(C)O)C[C@H]2C1. The van der Waals surface area contributed by atoms with Gasteiger partial charge in [-0.3, -0.25) is 4.79 Å². The summed E-state index contributed by atoms with van der Waals surface area (Å²) in [6.45, 7) is 4.64. The maximum absolute atomic E-state index is 12.3. The van der Waals surface area contributed by atoms with Gasteiger partial charge in [0.2, 0.25) is 0 Å². The van der Waals surface area contributed by atoms with Crippen molar-refractivity contribution in [3.05, 3.63) is 18.6 Å². The van der Waals surface area contributed by atoms with E-state index in [4.69, 9.17) is 0 Å². The topological polar surface area (TPSA) is 85.4 Å². The zero-order valence-corrected chi connectivity index (χ0v) is 14.9. The Kier molecular flexibility index (Phi) is 3.72. The van der Waals surface area contributed by atoms with Crippen LogP contribution in [-0.2, 0) is 4.79 Å². The molecule has 0 spiro atoms. The van der Waals surface area contributed by atoms with Crippen molar-refractivity contribution in [3.63, 3.8) is 0 Å². The van der Waals surface area contributed by atoms with Crippen molar-refractivity contribution in [2.24, 2.45) is 11.8 Å². The van der Waals surface area contributed by atoms with Gasteiger partial charge in [0, 0.05) is 32.4 Å². The molecule has 2 aliphatic rings. The van der Waals surface area contributed by atoms with Gasteiger partial charge in [0.15, 0.2) is 0 Å². The monoisotopic (exact) mass is 343 g/mol. The number of amides is 1. The average Bonchev–Trinajstić information content (AvgIpc) is 3.25. The third-order valence-corrected chi connectivity index (χ3v) is 5.75. The van der Waals surface area contributed by atoms with Crippen LogP contribution in [-0.4, -0.2) is 62.6 Å². The van der Waals surface area contributed by atoms with E-state index in [-0.39, 0.29) is 5.91 Å². The number of fused-ring (bicyclic) bond motifs is 2. The van der Waals surface area contributed by atoms with E-state index >= 15 is 0 Å². The molecule has 1 aliphatic heterocycles. The summed E-state index contributed by atoms with van der Waals surface area (Å²) in [7, 11) is 2.10. The summed E-state index contributed by atoms with van der Waals surface area (Å²) in [5.74, 6) is 1.81. The molecule has 0 radical (unpaired) electrons. The van der Waals surface area contributed by atoms with Crippen molar-refractivity contribution in [2.45, 2.75) is 38.3 Å². The maximum atomic E-state index is 12.3. The number of anilines is 1. The molecule has 4 rings (SSSR count). The fourth-order valence-corrected chi connectivity index (χ4v) is 4.45. The standard InChI is InChI=1S/C18H25N5O2/c1-18(2,25)17(24)23-8-11-6-13(7-12(11)9-23)22(3)16-14-4-5-19-15(14)20-10-21-16/h4-5,10-13,25H,6-9H2,1-3H3,(H,19,20,21)/t11-,12?,13+/m1/s1. The summed E-state index contributed by atoms with van der Waals surface area (Å²) >= 11 is 0. The number of rotatable bonds is 3. The fraction of sp³-hybridized carbons (Fsp3) is 0.611. The summed E-state index contributed by atoms with van der Waals surface area (Å²) in [6.07, 6.45) is 5.59. The van der Waals surface area contributed by atoms with Crippen LogP contribution in [0.5, 0.6) is 0 Å². The van der Waals surface area contributed by atoms with Gasteiger partial charge in [-0.05, 0) is 44.6 Å². The molecular formula is C18H25N5O2. The first kappa shape index (κ1) is 16.3. The predicted molar refractivity (Wildman–Crippen MR) is 95.2 cm³/mol. The van der Waals surface area contributed by atoms with Crippen molar-refractivity contribution >= 4 is 22.8 Å². The average molecular weight is 343 g/mol. The Labute approximate surface area is 147 Å². The highest BCUT2D eigenvalue weighted by Crippen LogP contribution is 2.41. The molecule has 7 heteroatoms. The van der Waals surface area contributed by atoms with Gasteiger partial charge >= 0.3 is 0 Å². The second kappa shape index (κ2) is 5.69. The summed E-state index contributed by atoms with van der Waals surface area (Å²) in [5, 5.41) is 11.0. The molecule has 1 saturated heterocycles. The Hall–Kier alpha value is -2.15. The van der Waals surface area contributed by atoms with Gasteiger partial charge in [0.1, 0.15) is 23.4 Å². The van der Waals surface area contributed by atoms with Crippen LogP contribution in [0.2, 0.25) is 0 Å². The van der Waals surface area contributed by atoms with Gasteiger partial charge in [-0.25, -0.2) is 9.97 Å². The molecule has 2 aromatic rings. The second-order valence-corrected chi connectivity index (χ2v) is 7.96. The number of hydrogen-bond donors (Lipinski definition) is 2. The van der Waals surface area contributed by atoms with Crippen molar-refractivity contribution in [2.75, 3.05) is 25.0 Å². The predicted octanol–water partition coefficient (Wildman–Crippen LogP) is 1.40. The van der Waals surface area contributed by atoms with Gasteiger partial charge in [0.25, 0.3) is 5.91 Å². The van der Waals surface area contributed by atoms with Crippen LogP contribution >= 0.6 is 0 Å². The molecular weight excluding hydrogens is 318 g/mol. The number of likely N-dealkylation sites (tertiary alicyclic amines) is 1. The lowest BCUT2D eigenvalue weighted by atomic mass is 10.0. The molecule has 3 heterocycles. The summed E-state index contributed by atoms with van der Waals surface area (Å²) in [6, 6.07) is 2.43. The van der Waals surface area contributed by atoms with Crippen molar-refractivity contribution in [3.8, 4) is 0 Å². The van der Waals surface area contributed by atoms with Crippen LogP contribution in [0.1, 0.15) is 26.7 Å². The normalized spacial score (nSPS) is 26.2. The summed E-state index contributed by atoms with van der Waals surface area (Å²) < 4.78 is 0. The van der Waals surface area contributed by atoms with E-state index in [1.165, 1.54) is 0 Å². The van der Waals surface area contributed by atoms with Crippen LogP contribution in [0.25, 0.3) is 11.0 Å². The van der Waals surface area contributed by atoms with Crippen molar-refractivity contribution < 1.29 is 9.90 Å². The molecule has 2 aromatic heterocycles. The quantitative estimate of drug-likeness (QED) is 0.880. The zero-order valence-electron chi connectivity index (χ0n) is 14.9. The molecule has 3 atom stereocenters. The Morgan fingerprint density at radius 1 is 1.32 bits per heavy atom. The highest BCUT2D eigenvalue weighted by atomic mass is 16.3. The molecule has 0 aromatic carbocycles. The van der Waals surface area contributed by atoms with Crippen LogP contribution in [0.4, 0.5) is 5.82 Å². The van der Waals surface area contributed by atoms with Crippen molar-refractivity contribution in [1.82, 2.24) is 19.9 Å². The highest BCUT2D eigenvalue weighted by Gasteiger charge is 2.45. The fourth-order valence-electron chi connectivity index (χ4n) is 4.45. The van der Waals surface area contributed by atoms with Gasteiger partial charge < -0.3 is 19.9 Å². The van der Waals surface area contributed by atoms with Gasteiger partial charge in [0.05, 0.1) is 5.39 Å². The summed E-state index contributed by atoms with van der Waals surface area (Å²) in [5.41, 5.74) is -0.424. The minimum Gasteiger partial charge on any atom is -0.381 e. The van der Waals surface area contributed by atoms with E-state index in [2.05, 4.69) is 26.9 Å². The van der Waals surface area contributed by atoms with Gasteiger partial charge in [-0.1, -0.05) is 0 Å². The number of hydrogen-bond acceptors (Lipinski definition) is 5. The van der Waals surface area contributed by atoms with E-state index in [1.54, 1.807) is 20.2 Å². The van der Waals surface area contributed by atoms with Crippen LogP contribution in [0.3, 0.4) is 0 Å². The van der Waals surface area contributed by atoms with E-state index in [0.29, 0.717) is 17.9 Å². The molecule has 1 unspecified atom stereocenters. The second-order valence-electron chi connectivity index (χ2n) is 7.96. The van der Waals surface area contributed by atoms with E-state index in [0.717, 1.165) is 42.8 Å². The van der Waals surface area contributed by atoms with Crippen LogP contribution in [0.15, 0.2) is 18.6 Å². The number of aliphatic hydroxyl groups is 1. The first-order valence-electron chi connectivity index (χ1n) is 8.87. The third-order valence-electron chi connectivity index (χ3n) is 5.75. The number of nitrogens with zero attached hydrogens (tertiary/aromatic N) is 4. The smallest absolute Gasteiger partial charge is 0.253 e. The van der Waals surface area contributed by atoms with E-state index < -0.39 is 5.60 Å². The molecule has 2 N–H and O–H groups in total. The highest BCUT2D eigenvalue weighted by molar-refractivity contribution is 5.87. The number of aromatic nitrogens is 3. The third kappa shape index (κ3) is 2.76. The molecule has 1 saturated carbocycles. The molecule has 7 nitrogen and oxygen atoms in total. The first-order valence-corrected chi connectivity index (χ1v) is 8.87. The molecule has 1 amide bonds. The lowest BCUT2D eigenvalue weighted by Crippen LogP contribution is -2.45. The number of carbonyl (C=O) groups excluding carboxylic acids is 1. The van der Waals surface area contributed by atoms with Crippen LogP contribution < -0.4 is 4.90 Å². The van der Waals surface area contributed by atoms with Crippen molar-refractivity contribution in [1.29, 1.82) is 0 Å².